The van der Waals surface area contributed by atoms with Gasteiger partial charge in [0.1, 0.15) is 12.2 Å². The molecule has 1 heterocycles. The van der Waals surface area contributed by atoms with Crippen LogP contribution in [-0.2, 0) is 19.6 Å². The first-order valence-electron chi connectivity index (χ1n) is 11.8. The number of benzene rings is 1. The number of carboxylic acid groups (broad SMARTS) is 1. The highest BCUT2D eigenvalue weighted by Crippen LogP contribution is 2.31. The molecule has 0 bridgehead atoms. The maximum absolute atomic E-state index is 13.4. The zero-order valence-electron chi connectivity index (χ0n) is 22.6. The summed E-state index contributed by atoms with van der Waals surface area (Å²) in [4.78, 5) is 31.3. The van der Waals surface area contributed by atoms with Crippen molar-refractivity contribution in [3.63, 3.8) is 0 Å². The summed E-state index contributed by atoms with van der Waals surface area (Å²) in [5.74, 6) is -2.60. The van der Waals surface area contributed by atoms with E-state index in [0.717, 1.165) is 16.6 Å². The smallest absolute Gasteiger partial charge is 0.311 e. The molecule has 0 saturated heterocycles. The van der Waals surface area contributed by atoms with Crippen molar-refractivity contribution >= 4 is 33.8 Å². The van der Waals surface area contributed by atoms with E-state index in [-0.39, 0.29) is 11.9 Å². The molecule has 1 aromatic carbocycles. The number of allylic oxidation sites excluding steroid dienone is 1. The maximum Gasteiger partial charge on any atom is 0.311 e. The average Bonchev–Trinajstić information content (AvgIpc) is 2.75. The fourth-order valence-corrected chi connectivity index (χ4v) is 3.63. The summed E-state index contributed by atoms with van der Waals surface area (Å²) >= 11 is 0. The highest BCUT2D eigenvalue weighted by atomic mass is 32.2. The Morgan fingerprint density at radius 2 is 1.59 bits per heavy atom. The number of sulfonamides is 1. The summed E-state index contributed by atoms with van der Waals surface area (Å²) in [7, 11) is -2.33. The molecule has 0 aliphatic heterocycles. The number of halogens is 1. The van der Waals surface area contributed by atoms with Gasteiger partial charge in [0, 0.05) is 30.3 Å². The zero-order chi connectivity index (χ0) is 28.5. The van der Waals surface area contributed by atoms with E-state index in [4.69, 9.17) is 5.11 Å². The lowest BCUT2D eigenvalue weighted by Gasteiger charge is -2.20. The van der Waals surface area contributed by atoms with E-state index in [1.165, 1.54) is 37.4 Å². The number of nitrogens with zero attached hydrogens (tertiary/aromatic N) is 3. The van der Waals surface area contributed by atoms with Gasteiger partial charge in [-0.25, -0.2) is 27.1 Å². The normalized spacial score (nSPS) is 11.7. The minimum atomic E-state index is -3.65. The Bertz CT molecular complexity index is 1200. The molecule has 9 nitrogen and oxygen atoms in total. The molecule has 2 N–H and O–H groups in total. The molecular formula is C26H37FN4O5S. The Morgan fingerprint density at radius 1 is 1.05 bits per heavy atom. The summed E-state index contributed by atoms with van der Waals surface area (Å²) in [5, 5.41) is 12.1. The van der Waals surface area contributed by atoms with Gasteiger partial charge < -0.3 is 10.4 Å². The third kappa shape index (κ3) is 10.8. The van der Waals surface area contributed by atoms with Crippen LogP contribution in [0.25, 0.3) is 17.3 Å². The Kier molecular flexibility index (Phi) is 12.0. The molecule has 37 heavy (non-hydrogen) atoms. The van der Waals surface area contributed by atoms with Crippen LogP contribution >= 0.6 is 0 Å². The third-order valence-electron chi connectivity index (χ3n) is 4.83. The van der Waals surface area contributed by atoms with Crippen LogP contribution in [0.1, 0.15) is 65.1 Å². The monoisotopic (exact) mass is 536 g/mol. The predicted octanol–water partition coefficient (Wildman–Crippen LogP) is 4.25. The number of ketones is 1. The van der Waals surface area contributed by atoms with Gasteiger partial charge in [0.05, 0.1) is 17.6 Å². The molecule has 0 amide bonds. The summed E-state index contributed by atoms with van der Waals surface area (Å²) in [5.41, 5.74) is 1.64. The third-order valence-corrected chi connectivity index (χ3v) is 5.99. The van der Waals surface area contributed by atoms with Crippen molar-refractivity contribution in [3.8, 4) is 11.3 Å². The molecule has 0 saturated carbocycles. The minimum absolute atomic E-state index is 0.0745. The van der Waals surface area contributed by atoms with Crippen LogP contribution in [0.2, 0.25) is 0 Å². The predicted molar refractivity (Wildman–Crippen MR) is 144 cm³/mol. The molecule has 204 valence electrons. The van der Waals surface area contributed by atoms with Gasteiger partial charge >= 0.3 is 5.97 Å². The van der Waals surface area contributed by atoms with E-state index in [2.05, 4.69) is 43.0 Å². The number of anilines is 1. The van der Waals surface area contributed by atoms with Crippen LogP contribution in [0.15, 0.2) is 30.3 Å². The van der Waals surface area contributed by atoms with E-state index in [1.54, 1.807) is 0 Å². The fourth-order valence-electron chi connectivity index (χ4n) is 3.25. The fraction of sp³-hybridized carbons (Fsp3) is 0.462. The number of carbonyl (C=O) groups is 2. The second-order valence-corrected chi connectivity index (χ2v) is 11.4. The first-order chi connectivity index (χ1) is 17.0. The molecule has 0 atom stereocenters. The highest BCUT2D eigenvalue weighted by Gasteiger charge is 2.22. The highest BCUT2D eigenvalue weighted by molar-refractivity contribution is 7.92. The van der Waals surface area contributed by atoms with E-state index < -0.39 is 34.0 Å². The largest absolute Gasteiger partial charge is 0.481 e. The van der Waals surface area contributed by atoms with Gasteiger partial charge in [-0.2, -0.15) is 0 Å². The second-order valence-electron chi connectivity index (χ2n) is 9.41. The van der Waals surface area contributed by atoms with Crippen molar-refractivity contribution in [2.24, 2.45) is 0 Å². The molecule has 0 radical (unpaired) electrons. The molecule has 0 spiro atoms. The summed E-state index contributed by atoms with van der Waals surface area (Å²) in [6.07, 6.45) is 2.87. The first kappa shape index (κ1) is 31.8. The van der Waals surface area contributed by atoms with Crippen molar-refractivity contribution in [3.05, 3.63) is 47.4 Å². The summed E-state index contributed by atoms with van der Waals surface area (Å²) < 4.78 is 38.3. The van der Waals surface area contributed by atoms with Gasteiger partial charge in [-0.15, -0.1) is 0 Å². The van der Waals surface area contributed by atoms with E-state index >= 15 is 0 Å². The SMILES string of the molecule is CC(C)NC(C)C.CC(C)c1nc(N(C)S(C)(=O)=O)nc(-c2ccc(F)cc2)c1/C=C/C(=O)CC(=O)O. The van der Waals surface area contributed by atoms with Crippen LogP contribution in [0.3, 0.4) is 0 Å². The number of hydrogen-bond acceptors (Lipinski definition) is 7. The van der Waals surface area contributed by atoms with Crippen LogP contribution in [-0.4, -0.2) is 60.6 Å². The zero-order valence-corrected chi connectivity index (χ0v) is 23.4. The number of rotatable bonds is 10. The number of hydrogen-bond donors (Lipinski definition) is 2. The Morgan fingerprint density at radius 3 is 2.00 bits per heavy atom. The number of aliphatic carboxylic acids is 1. The van der Waals surface area contributed by atoms with Crippen molar-refractivity contribution in [2.45, 2.75) is 66.0 Å². The minimum Gasteiger partial charge on any atom is -0.481 e. The van der Waals surface area contributed by atoms with Gasteiger partial charge in [0.15, 0.2) is 5.78 Å². The Balaban J connectivity index is 0.000000856. The van der Waals surface area contributed by atoms with E-state index in [0.29, 0.717) is 34.6 Å². The van der Waals surface area contributed by atoms with E-state index in [1.807, 2.05) is 13.8 Å². The van der Waals surface area contributed by atoms with Crippen LogP contribution in [0.5, 0.6) is 0 Å². The molecule has 0 aliphatic carbocycles. The lowest BCUT2D eigenvalue weighted by Crippen LogP contribution is -2.29. The Hall–Kier alpha value is -3.18. The molecule has 0 unspecified atom stereocenters. The molecular weight excluding hydrogens is 499 g/mol. The molecule has 1 aromatic heterocycles. The van der Waals surface area contributed by atoms with Gasteiger partial charge in [0.25, 0.3) is 0 Å². The molecule has 2 rings (SSSR count). The quantitative estimate of drug-likeness (QED) is 0.341. The molecule has 0 aliphatic rings. The number of aromatic nitrogens is 2. The maximum atomic E-state index is 13.4. The number of nitrogens with one attached hydrogen (secondary N) is 1. The summed E-state index contributed by atoms with van der Waals surface area (Å²) in [6.45, 7) is 12.3. The van der Waals surface area contributed by atoms with Gasteiger partial charge in [-0.1, -0.05) is 41.5 Å². The lowest BCUT2D eigenvalue weighted by atomic mass is 9.97. The topological polar surface area (TPSA) is 130 Å². The van der Waals surface area contributed by atoms with Crippen molar-refractivity contribution in [2.75, 3.05) is 17.6 Å². The second kappa shape index (κ2) is 13.9. The van der Waals surface area contributed by atoms with Crippen molar-refractivity contribution in [1.29, 1.82) is 0 Å². The molecule has 2 aromatic rings. The Labute approximate surface area is 218 Å². The molecule has 0 fully saturated rings. The van der Waals surface area contributed by atoms with Crippen molar-refractivity contribution < 1.29 is 27.5 Å². The van der Waals surface area contributed by atoms with Gasteiger partial charge in [-0.3, -0.25) is 9.59 Å². The first-order valence-corrected chi connectivity index (χ1v) is 13.7. The standard InChI is InChI=1S/C20H22FN3O5S.C6H15N/c1-12(2)18-16(10-9-15(25)11-17(26)27)19(13-5-7-14(21)8-6-13)23-20(22-18)24(3)30(4,28)29;1-5(2)7-6(3)4/h5-10,12H,11H2,1-4H3,(H,26,27);5-7H,1-4H3/b10-9+;. The molecule has 11 heteroatoms. The van der Waals surface area contributed by atoms with Crippen molar-refractivity contribution in [1.82, 2.24) is 15.3 Å². The van der Waals surface area contributed by atoms with E-state index in [9.17, 15) is 22.4 Å². The van der Waals surface area contributed by atoms with Crippen LogP contribution in [0.4, 0.5) is 10.3 Å². The summed E-state index contributed by atoms with van der Waals surface area (Å²) in [6, 6.07) is 6.66. The van der Waals surface area contributed by atoms with Crippen LogP contribution < -0.4 is 9.62 Å². The van der Waals surface area contributed by atoms with Gasteiger partial charge in [0.2, 0.25) is 16.0 Å². The number of carboxylic acids is 1. The van der Waals surface area contributed by atoms with Gasteiger partial charge in [-0.05, 0) is 42.3 Å². The lowest BCUT2D eigenvalue weighted by molar-refractivity contribution is -0.139. The average molecular weight is 537 g/mol. The number of carbonyl (C=O) groups excluding carboxylic acids is 1. The van der Waals surface area contributed by atoms with Crippen LogP contribution in [0, 0.1) is 5.82 Å².